The van der Waals surface area contributed by atoms with Gasteiger partial charge in [0.15, 0.2) is 0 Å². The first-order valence-electron chi connectivity index (χ1n) is 15.0. The van der Waals surface area contributed by atoms with E-state index >= 15 is 13.2 Å². The highest BCUT2D eigenvalue weighted by molar-refractivity contribution is 5.68. The van der Waals surface area contributed by atoms with Crippen LogP contribution in [0.15, 0.2) is 48.9 Å². The molecule has 10 nitrogen and oxygen atoms in total. The summed E-state index contributed by atoms with van der Waals surface area (Å²) < 4.78 is 57.8. The Kier molecular flexibility index (Phi) is 8.40. The van der Waals surface area contributed by atoms with E-state index in [1.165, 1.54) is 17.7 Å². The van der Waals surface area contributed by atoms with Crippen LogP contribution in [0, 0.1) is 17.6 Å². The van der Waals surface area contributed by atoms with E-state index in [9.17, 15) is 4.79 Å². The number of hydrogen-bond donors (Lipinski definition) is 2. The minimum Gasteiger partial charge on any atom is -0.453 e. The van der Waals surface area contributed by atoms with Gasteiger partial charge in [0.1, 0.15) is 17.3 Å². The van der Waals surface area contributed by atoms with Gasteiger partial charge in [-0.25, -0.2) is 22.9 Å². The van der Waals surface area contributed by atoms with Gasteiger partial charge in [-0.15, -0.1) is 0 Å². The number of alkyl halides is 1. The van der Waals surface area contributed by atoms with Crippen LogP contribution in [0.2, 0.25) is 0 Å². The van der Waals surface area contributed by atoms with Crippen LogP contribution in [-0.4, -0.2) is 70.0 Å². The summed E-state index contributed by atoms with van der Waals surface area (Å²) in [6, 6.07) is 6.73. The number of amides is 1. The van der Waals surface area contributed by atoms with E-state index in [0.29, 0.717) is 23.6 Å². The van der Waals surface area contributed by atoms with Gasteiger partial charge in [0.2, 0.25) is 5.95 Å². The van der Waals surface area contributed by atoms with Gasteiger partial charge in [0.05, 0.1) is 48.0 Å². The Morgan fingerprint density at radius 3 is 2.58 bits per heavy atom. The Labute approximate surface area is 258 Å². The lowest BCUT2D eigenvalue weighted by atomic mass is 9.73. The lowest BCUT2D eigenvalue weighted by molar-refractivity contribution is -0.0117. The maximum absolute atomic E-state index is 15.5. The van der Waals surface area contributed by atoms with Crippen molar-refractivity contribution >= 4 is 23.2 Å². The van der Waals surface area contributed by atoms with Gasteiger partial charge >= 0.3 is 6.09 Å². The number of methoxy groups -OCH3 is 1. The SMILES string of the molecule is COC(=O)N(C)C1C(C)CC(c2ccncc2Nc2ncc3ccc(-c4c(F)cc(C5(F)CCOCC5)cc4F)nn23)CC1N. The molecule has 6 rings (SSSR count). The van der Waals surface area contributed by atoms with Crippen LogP contribution in [-0.2, 0) is 15.1 Å². The number of benzene rings is 1. The van der Waals surface area contributed by atoms with E-state index in [-0.39, 0.29) is 66.8 Å². The highest BCUT2D eigenvalue weighted by Gasteiger charge is 2.39. The molecular weight excluding hydrogens is 587 g/mol. The fraction of sp³-hybridized carbons (Fsp3) is 0.438. The van der Waals surface area contributed by atoms with Crippen LogP contribution in [0.4, 0.5) is 29.6 Å². The minimum absolute atomic E-state index is 0.0317. The summed E-state index contributed by atoms with van der Waals surface area (Å²) in [5.41, 5.74) is 6.65. The van der Waals surface area contributed by atoms with Crippen LogP contribution in [0.25, 0.3) is 16.8 Å². The third-order valence-corrected chi connectivity index (χ3v) is 9.17. The predicted molar refractivity (Wildman–Crippen MR) is 162 cm³/mol. The van der Waals surface area contributed by atoms with E-state index in [4.69, 9.17) is 15.2 Å². The molecule has 1 aliphatic carbocycles. The number of pyridine rings is 1. The van der Waals surface area contributed by atoms with Crippen molar-refractivity contribution in [3.63, 3.8) is 0 Å². The zero-order valence-corrected chi connectivity index (χ0v) is 25.3. The largest absolute Gasteiger partial charge is 0.453 e. The van der Waals surface area contributed by atoms with Gasteiger partial charge < -0.3 is 25.4 Å². The Balaban J connectivity index is 1.28. The predicted octanol–water partition coefficient (Wildman–Crippen LogP) is 5.70. The Morgan fingerprint density at radius 1 is 1.16 bits per heavy atom. The fourth-order valence-corrected chi connectivity index (χ4v) is 6.91. The molecule has 3 N–H and O–H groups in total. The summed E-state index contributed by atoms with van der Waals surface area (Å²) in [6.45, 7) is 2.45. The maximum Gasteiger partial charge on any atom is 0.409 e. The summed E-state index contributed by atoms with van der Waals surface area (Å²) in [6.07, 6.45) is 6.03. The summed E-state index contributed by atoms with van der Waals surface area (Å²) >= 11 is 0. The average molecular weight is 624 g/mol. The first kappa shape index (κ1) is 30.8. The van der Waals surface area contributed by atoms with Crippen LogP contribution < -0.4 is 11.1 Å². The molecule has 1 saturated heterocycles. The van der Waals surface area contributed by atoms with E-state index in [1.54, 1.807) is 36.6 Å². The zero-order chi connectivity index (χ0) is 31.9. The summed E-state index contributed by atoms with van der Waals surface area (Å²) in [5.74, 6) is -1.32. The molecule has 1 aliphatic heterocycles. The fourth-order valence-electron chi connectivity index (χ4n) is 6.91. The number of aromatic nitrogens is 4. The Morgan fingerprint density at radius 2 is 1.89 bits per heavy atom. The Hall–Kier alpha value is -4.23. The molecule has 3 aromatic heterocycles. The maximum atomic E-state index is 15.5. The number of anilines is 2. The molecule has 13 heteroatoms. The molecule has 1 aromatic carbocycles. The molecular formula is C32H36F3N7O3. The third kappa shape index (κ3) is 5.82. The molecule has 1 saturated carbocycles. The standard InChI is InChI=1S/C32H36F3N7O3/c1-18-12-19(13-25(36)29(18)41(2)31(43)44-3)22-6-9-37-17-27(22)39-30-38-16-21-4-5-26(40-42(21)30)28-23(33)14-20(15-24(28)34)32(35)7-10-45-11-8-32/h4-6,9,14-19,25,29H,7-8,10-13,36H2,1-3H3,(H,38,39). The second-order valence-electron chi connectivity index (χ2n) is 12.0. The van der Waals surface area contributed by atoms with Crippen molar-refractivity contribution in [3.8, 4) is 11.3 Å². The van der Waals surface area contributed by atoms with Crippen molar-refractivity contribution in [2.45, 2.75) is 56.3 Å². The highest BCUT2D eigenvalue weighted by Crippen LogP contribution is 2.41. The topological polar surface area (TPSA) is 120 Å². The Bertz CT molecular complexity index is 1680. The molecule has 4 aromatic rings. The first-order valence-corrected chi connectivity index (χ1v) is 15.0. The molecule has 2 aliphatic rings. The van der Waals surface area contributed by atoms with Crippen LogP contribution in [0.1, 0.15) is 49.7 Å². The molecule has 4 atom stereocenters. The van der Waals surface area contributed by atoms with Crippen molar-refractivity contribution in [3.05, 3.63) is 71.7 Å². The highest BCUT2D eigenvalue weighted by atomic mass is 19.1. The second-order valence-corrected chi connectivity index (χ2v) is 12.0. The monoisotopic (exact) mass is 623 g/mol. The molecule has 238 valence electrons. The molecule has 0 spiro atoms. The van der Waals surface area contributed by atoms with Gasteiger partial charge in [-0.3, -0.25) is 4.98 Å². The van der Waals surface area contributed by atoms with Crippen LogP contribution in [0.5, 0.6) is 0 Å². The molecule has 1 amide bonds. The number of nitrogens with two attached hydrogens (primary N) is 1. The van der Waals surface area contributed by atoms with Crippen molar-refractivity contribution < 1.29 is 27.4 Å². The third-order valence-electron chi connectivity index (χ3n) is 9.17. The first-order chi connectivity index (χ1) is 21.6. The number of carbonyl (C=O) groups is 1. The number of rotatable bonds is 6. The van der Waals surface area contributed by atoms with Crippen LogP contribution in [0.3, 0.4) is 0 Å². The van der Waals surface area contributed by atoms with E-state index < -0.39 is 23.4 Å². The normalized spacial score (nSPS) is 23.1. The number of halogens is 3. The van der Waals surface area contributed by atoms with Gasteiger partial charge in [0, 0.05) is 45.3 Å². The number of likely N-dealkylation sites (N-methyl/N-ethyl adjacent to an activating group) is 1. The van der Waals surface area contributed by atoms with Gasteiger partial charge in [-0.05, 0) is 66.1 Å². The second kappa shape index (κ2) is 12.3. The number of fused-ring (bicyclic) bond motifs is 1. The van der Waals surface area contributed by atoms with Gasteiger partial charge in [-0.2, -0.15) is 9.61 Å². The molecule has 0 bridgehead atoms. The van der Waals surface area contributed by atoms with E-state index in [1.807, 2.05) is 6.07 Å². The summed E-state index contributed by atoms with van der Waals surface area (Å²) in [5, 5.41) is 7.81. The smallest absolute Gasteiger partial charge is 0.409 e. The van der Waals surface area contributed by atoms with Crippen LogP contribution >= 0.6 is 0 Å². The number of hydrogen-bond acceptors (Lipinski definition) is 8. The molecule has 45 heavy (non-hydrogen) atoms. The van der Waals surface area contributed by atoms with Crippen molar-refractivity contribution in [1.29, 1.82) is 0 Å². The lowest BCUT2D eigenvalue weighted by Crippen LogP contribution is -2.55. The molecule has 0 radical (unpaired) electrons. The average Bonchev–Trinajstić information content (AvgIpc) is 3.42. The van der Waals surface area contributed by atoms with Crippen molar-refractivity contribution in [2.75, 3.05) is 32.7 Å². The minimum atomic E-state index is -1.85. The van der Waals surface area contributed by atoms with Crippen molar-refractivity contribution in [1.82, 2.24) is 24.5 Å². The van der Waals surface area contributed by atoms with Gasteiger partial charge in [-0.1, -0.05) is 6.92 Å². The summed E-state index contributed by atoms with van der Waals surface area (Å²) in [7, 11) is 3.05. The van der Waals surface area contributed by atoms with E-state index in [0.717, 1.165) is 24.1 Å². The number of carbonyl (C=O) groups excluding carboxylic acids is 1. The quantitative estimate of drug-likeness (QED) is 0.281. The summed E-state index contributed by atoms with van der Waals surface area (Å²) in [4.78, 5) is 22.5. The van der Waals surface area contributed by atoms with Gasteiger partial charge in [0.25, 0.3) is 0 Å². The molecule has 4 heterocycles. The molecule has 2 fully saturated rings. The number of imidazole rings is 1. The van der Waals surface area contributed by atoms with Crippen molar-refractivity contribution in [2.24, 2.45) is 11.7 Å². The van der Waals surface area contributed by atoms with E-state index in [2.05, 4.69) is 27.3 Å². The number of nitrogens with zero attached hydrogens (tertiary/aromatic N) is 5. The zero-order valence-electron chi connectivity index (χ0n) is 25.3. The number of ether oxygens (including phenoxy) is 2. The number of nitrogens with one attached hydrogen (secondary N) is 1. The molecule has 4 unspecified atom stereocenters. The lowest BCUT2D eigenvalue weighted by Gasteiger charge is -2.43.